The quantitative estimate of drug-likeness (QED) is 0.793. The molecule has 1 amide bonds. The number of methoxy groups -OCH3 is 2. The van der Waals surface area contributed by atoms with E-state index in [1.165, 1.54) is 7.11 Å². The molecule has 7 nitrogen and oxygen atoms in total. The smallest absolute Gasteiger partial charge is 0.257 e. The van der Waals surface area contributed by atoms with Crippen LogP contribution in [0.2, 0.25) is 0 Å². The molecule has 116 valence electrons. The normalized spacial score (nSPS) is 13.4. The van der Waals surface area contributed by atoms with Crippen LogP contribution >= 0.6 is 0 Å². The van der Waals surface area contributed by atoms with Crippen LogP contribution in [0, 0.1) is 0 Å². The summed E-state index contributed by atoms with van der Waals surface area (Å²) in [4.78, 5) is 12.4. The number of hydrogen-bond acceptors (Lipinski definition) is 5. The van der Waals surface area contributed by atoms with Crippen LogP contribution < -0.4 is 20.1 Å². The van der Waals surface area contributed by atoms with Gasteiger partial charge in [0.1, 0.15) is 0 Å². The molecule has 7 heteroatoms. The number of aromatic nitrogens is 2. The minimum absolute atomic E-state index is 0.228. The van der Waals surface area contributed by atoms with Crippen LogP contribution in [0.5, 0.6) is 11.5 Å². The third kappa shape index (κ3) is 2.62. The summed E-state index contributed by atoms with van der Waals surface area (Å²) < 4.78 is 10.4. The Morgan fingerprint density at radius 3 is 2.86 bits per heavy atom. The first-order chi connectivity index (χ1) is 10.7. The number of nitrogens with one attached hydrogen (secondary N) is 3. The Morgan fingerprint density at radius 1 is 1.27 bits per heavy atom. The molecular formula is C15H18N4O3. The number of fused-ring (bicyclic) bond motifs is 1. The topological polar surface area (TPSA) is 88.3 Å². The summed E-state index contributed by atoms with van der Waals surface area (Å²) in [5.74, 6) is 1.47. The highest BCUT2D eigenvalue weighted by molar-refractivity contribution is 6.04. The van der Waals surface area contributed by atoms with Crippen molar-refractivity contribution in [2.75, 3.05) is 26.1 Å². The van der Waals surface area contributed by atoms with Gasteiger partial charge in [-0.25, -0.2) is 0 Å². The Bertz CT molecular complexity index is 696. The summed E-state index contributed by atoms with van der Waals surface area (Å²) in [7, 11) is 3.10. The van der Waals surface area contributed by atoms with Gasteiger partial charge < -0.3 is 20.1 Å². The van der Waals surface area contributed by atoms with Gasteiger partial charge in [0.2, 0.25) is 0 Å². The van der Waals surface area contributed by atoms with Crippen LogP contribution in [0.1, 0.15) is 21.6 Å². The minimum Gasteiger partial charge on any atom is -0.493 e. The second kappa shape index (κ2) is 6.07. The molecule has 1 aromatic heterocycles. The van der Waals surface area contributed by atoms with Crippen molar-refractivity contribution in [3.05, 3.63) is 35.0 Å². The van der Waals surface area contributed by atoms with E-state index >= 15 is 0 Å². The first kappa shape index (κ1) is 14.4. The average Bonchev–Trinajstić information content (AvgIpc) is 2.97. The summed E-state index contributed by atoms with van der Waals surface area (Å²) >= 11 is 0. The molecule has 0 aliphatic carbocycles. The van der Waals surface area contributed by atoms with E-state index in [9.17, 15) is 4.79 Å². The lowest BCUT2D eigenvalue weighted by Gasteiger charge is -2.13. The molecule has 3 rings (SSSR count). The van der Waals surface area contributed by atoms with Gasteiger partial charge in [-0.15, -0.1) is 0 Å². The third-order valence-corrected chi connectivity index (χ3v) is 3.68. The molecule has 1 aromatic carbocycles. The molecule has 0 atom stereocenters. The average molecular weight is 302 g/mol. The zero-order valence-corrected chi connectivity index (χ0v) is 12.5. The van der Waals surface area contributed by atoms with Crippen molar-refractivity contribution in [3.8, 4) is 11.5 Å². The Balaban J connectivity index is 1.81. The van der Waals surface area contributed by atoms with Gasteiger partial charge in [0.25, 0.3) is 5.91 Å². The molecule has 0 unspecified atom stereocenters. The Hall–Kier alpha value is -2.54. The molecule has 0 spiro atoms. The van der Waals surface area contributed by atoms with E-state index in [1.807, 2.05) is 0 Å². The number of carbonyl (C=O) groups excluding carboxylic acids is 1. The van der Waals surface area contributed by atoms with E-state index < -0.39 is 0 Å². The number of aromatic amines is 1. The van der Waals surface area contributed by atoms with Crippen molar-refractivity contribution in [3.63, 3.8) is 0 Å². The zero-order valence-electron chi connectivity index (χ0n) is 12.5. The Labute approximate surface area is 128 Å². The number of hydrogen-bond donors (Lipinski definition) is 3. The number of H-pyrrole nitrogens is 1. The molecule has 1 aliphatic heterocycles. The van der Waals surface area contributed by atoms with Gasteiger partial charge in [-0.2, -0.15) is 5.10 Å². The summed E-state index contributed by atoms with van der Waals surface area (Å²) in [5, 5.41) is 13.2. The van der Waals surface area contributed by atoms with Crippen molar-refractivity contribution < 1.29 is 14.3 Å². The standard InChI is InChI=1S/C15H18N4O3/c1-21-12-4-3-9(7-13(12)22-2)15(20)17-14-10-5-6-16-8-11(10)18-19-14/h3-4,7,16H,5-6,8H2,1-2H3,(H2,17,18,19,20). The second-order valence-corrected chi connectivity index (χ2v) is 4.98. The summed E-state index contributed by atoms with van der Waals surface area (Å²) in [5.41, 5.74) is 2.57. The highest BCUT2D eigenvalue weighted by Gasteiger charge is 2.19. The number of ether oxygens (including phenoxy) is 2. The maximum atomic E-state index is 12.4. The lowest BCUT2D eigenvalue weighted by atomic mass is 10.1. The SMILES string of the molecule is COc1ccc(C(=O)Nc2n[nH]c3c2CCNC3)cc1OC. The molecule has 22 heavy (non-hydrogen) atoms. The number of rotatable bonds is 4. The van der Waals surface area contributed by atoms with Crippen LogP contribution in [0.25, 0.3) is 0 Å². The van der Waals surface area contributed by atoms with Gasteiger partial charge in [0.15, 0.2) is 17.3 Å². The number of anilines is 1. The van der Waals surface area contributed by atoms with Crippen molar-refractivity contribution in [2.45, 2.75) is 13.0 Å². The fourth-order valence-electron chi connectivity index (χ4n) is 2.50. The largest absolute Gasteiger partial charge is 0.493 e. The van der Waals surface area contributed by atoms with Gasteiger partial charge in [0, 0.05) is 17.7 Å². The Morgan fingerprint density at radius 2 is 2.09 bits per heavy atom. The minimum atomic E-state index is -0.228. The summed E-state index contributed by atoms with van der Waals surface area (Å²) in [6.45, 7) is 1.63. The lowest BCUT2D eigenvalue weighted by Crippen LogP contribution is -2.24. The van der Waals surface area contributed by atoms with E-state index in [-0.39, 0.29) is 5.91 Å². The van der Waals surface area contributed by atoms with E-state index in [1.54, 1.807) is 25.3 Å². The highest BCUT2D eigenvalue weighted by atomic mass is 16.5. The zero-order chi connectivity index (χ0) is 15.5. The van der Waals surface area contributed by atoms with Crippen molar-refractivity contribution in [1.29, 1.82) is 0 Å². The first-order valence-electron chi connectivity index (χ1n) is 7.03. The molecule has 0 saturated carbocycles. The van der Waals surface area contributed by atoms with Gasteiger partial charge in [-0.3, -0.25) is 9.89 Å². The molecule has 2 aromatic rings. The van der Waals surface area contributed by atoms with Crippen molar-refractivity contribution in [1.82, 2.24) is 15.5 Å². The van der Waals surface area contributed by atoms with Crippen LogP contribution in [-0.4, -0.2) is 36.9 Å². The van der Waals surface area contributed by atoms with Gasteiger partial charge in [0.05, 0.1) is 19.9 Å². The summed E-state index contributed by atoms with van der Waals surface area (Å²) in [6, 6.07) is 5.05. The van der Waals surface area contributed by atoms with Crippen molar-refractivity contribution in [2.24, 2.45) is 0 Å². The third-order valence-electron chi connectivity index (χ3n) is 3.68. The van der Waals surface area contributed by atoms with Gasteiger partial charge in [-0.05, 0) is 31.2 Å². The summed E-state index contributed by atoms with van der Waals surface area (Å²) in [6.07, 6.45) is 0.841. The van der Waals surface area contributed by atoms with Crippen LogP contribution in [0.15, 0.2) is 18.2 Å². The molecule has 1 aliphatic rings. The molecular weight excluding hydrogens is 284 g/mol. The monoisotopic (exact) mass is 302 g/mol. The van der Waals surface area contributed by atoms with Gasteiger partial charge in [-0.1, -0.05) is 0 Å². The van der Waals surface area contributed by atoms with E-state index in [2.05, 4.69) is 20.8 Å². The van der Waals surface area contributed by atoms with Crippen LogP contribution in [0.3, 0.4) is 0 Å². The second-order valence-electron chi connectivity index (χ2n) is 4.98. The predicted molar refractivity (Wildman–Crippen MR) is 81.5 cm³/mol. The number of amides is 1. The van der Waals surface area contributed by atoms with E-state index in [0.29, 0.717) is 22.9 Å². The molecule has 0 saturated heterocycles. The predicted octanol–water partition coefficient (Wildman–Crippen LogP) is 1.32. The Kier molecular flexibility index (Phi) is 3.97. The molecule has 2 heterocycles. The maximum absolute atomic E-state index is 12.4. The molecule has 0 bridgehead atoms. The molecule has 3 N–H and O–H groups in total. The van der Waals surface area contributed by atoms with Gasteiger partial charge >= 0.3 is 0 Å². The first-order valence-corrected chi connectivity index (χ1v) is 7.03. The van der Waals surface area contributed by atoms with Crippen molar-refractivity contribution >= 4 is 11.7 Å². The van der Waals surface area contributed by atoms with Crippen LogP contribution in [-0.2, 0) is 13.0 Å². The highest BCUT2D eigenvalue weighted by Crippen LogP contribution is 2.28. The molecule has 0 radical (unpaired) electrons. The fourth-order valence-corrected chi connectivity index (χ4v) is 2.50. The van der Waals surface area contributed by atoms with E-state index in [0.717, 1.165) is 30.8 Å². The maximum Gasteiger partial charge on any atom is 0.257 e. The number of benzene rings is 1. The van der Waals surface area contributed by atoms with Crippen LogP contribution in [0.4, 0.5) is 5.82 Å². The van der Waals surface area contributed by atoms with E-state index in [4.69, 9.17) is 9.47 Å². The number of carbonyl (C=O) groups is 1. The number of nitrogens with zero attached hydrogens (tertiary/aromatic N) is 1. The molecule has 0 fully saturated rings. The lowest BCUT2D eigenvalue weighted by molar-refractivity contribution is 0.102. The fraction of sp³-hybridized carbons (Fsp3) is 0.333.